The zero-order valence-corrected chi connectivity index (χ0v) is 18.2. The number of hydrogen-bond donors (Lipinski definition) is 0. The van der Waals surface area contributed by atoms with Gasteiger partial charge in [0.25, 0.3) is 0 Å². The maximum atomic E-state index is 5.41. The van der Waals surface area contributed by atoms with E-state index in [9.17, 15) is 0 Å². The number of ether oxygens (including phenoxy) is 1. The molecule has 4 heterocycles. The maximum absolute atomic E-state index is 5.41. The molecule has 0 radical (unpaired) electrons. The molecule has 0 unspecified atom stereocenters. The van der Waals surface area contributed by atoms with Crippen molar-refractivity contribution in [2.75, 3.05) is 56.2 Å². The van der Waals surface area contributed by atoms with Gasteiger partial charge in [-0.15, -0.1) is 0 Å². The lowest BCUT2D eigenvalue weighted by Crippen LogP contribution is -2.51. The van der Waals surface area contributed by atoms with Gasteiger partial charge in [-0.3, -0.25) is 0 Å². The molecule has 0 aromatic carbocycles. The van der Waals surface area contributed by atoms with Gasteiger partial charge in [0, 0.05) is 32.8 Å². The molecule has 1 aliphatic carbocycles. The van der Waals surface area contributed by atoms with Crippen LogP contribution in [0.3, 0.4) is 0 Å². The minimum atomic E-state index is 0.508. The van der Waals surface area contributed by atoms with Crippen LogP contribution in [-0.2, 0) is 4.74 Å². The van der Waals surface area contributed by atoms with Crippen molar-refractivity contribution in [3.05, 3.63) is 18.3 Å². The maximum Gasteiger partial charge on any atom is 0.128 e. The van der Waals surface area contributed by atoms with Crippen molar-refractivity contribution in [3.8, 4) is 0 Å². The van der Waals surface area contributed by atoms with Crippen molar-refractivity contribution in [1.29, 1.82) is 0 Å². The highest BCUT2D eigenvalue weighted by molar-refractivity contribution is 5.52. The minimum absolute atomic E-state index is 0.508. The van der Waals surface area contributed by atoms with Gasteiger partial charge in [-0.1, -0.05) is 6.42 Å². The Kier molecular flexibility index (Phi) is 5.70. The zero-order chi connectivity index (χ0) is 19.7. The lowest BCUT2D eigenvalue weighted by Gasteiger charge is -2.50. The van der Waals surface area contributed by atoms with Crippen LogP contribution in [0.1, 0.15) is 57.8 Å². The fraction of sp³-hybridized carbons (Fsp3) is 0.792. The van der Waals surface area contributed by atoms with Gasteiger partial charge in [0.05, 0.1) is 24.5 Å². The first kappa shape index (κ1) is 19.6. The summed E-state index contributed by atoms with van der Waals surface area (Å²) in [5, 5.41) is 0. The van der Waals surface area contributed by atoms with Crippen molar-refractivity contribution < 1.29 is 4.74 Å². The van der Waals surface area contributed by atoms with Crippen molar-refractivity contribution >= 4 is 11.5 Å². The molecule has 0 bridgehead atoms. The molecule has 4 aliphatic rings. The molecular formula is C24H38N4O. The van der Waals surface area contributed by atoms with Crippen LogP contribution in [0, 0.1) is 5.41 Å². The number of rotatable bonds is 5. The molecule has 4 fully saturated rings. The summed E-state index contributed by atoms with van der Waals surface area (Å²) in [5.74, 6) is 1.16. The summed E-state index contributed by atoms with van der Waals surface area (Å²) >= 11 is 0. The predicted octanol–water partition coefficient (Wildman–Crippen LogP) is 3.93. The molecule has 1 aromatic rings. The second-order valence-electron chi connectivity index (χ2n) is 9.93. The average molecular weight is 399 g/mol. The summed E-state index contributed by atoms with van der Waals surface area (Å²) in [6, 6.07) is 5.95. The number of nitrogens with zero attached hydrogens (tertiary/aromatic N) is 4. The van der Waals surface area contributed by atoms with Gasteiger partial charge in [-0.25, -0.2) is 4.98 Å². The van der Waals surface area contributed by atoms with Crippen molar-refractivity contribution in [2.45, 2.75) is 69.9 Å². The van der Waals surface area contributed by atoms with E-state index in [0.717, 1.165) is 25.0 Å². The van der Waals surface area contributed by atoms with Gasteiger partial charge >= 0.3 is 0 Å². The Labute approximate surface area is 176 Å². The summed E-state index contributed by atoms with van der Waals surface area (Å²) < 4.78 is 5.41. The zero-order valence-electron chi connectivity index (χ0n) is 18.2. The van der Waals surface area contributed by atoms with Crippen LogP contribution in [0.4, 0.5) is 11.5 Å². The fourth-order valence-corrected chi connectivity index (χ4v) is 6.10. The number of methoxy groups -OCH3 is 1. The minimum Gasteiger partial charge on any atom is -0.383 e. The van der Waals surface area contributed by atoms with Gasteiger partial charge < -0.3 is 19.4 Å². The number of anilines is 2. The van der Waals surface area contributed by atoms with Gasteiger partial charge in [-0.05, 0) is 82.0 Å². The first-order valence-electron chi connectivity index (χ1n) is 12.0. The summed E-state index contributed by atoms with van der Waals surface area (Å²) in [7, 11) is 1.80. The average Bonchev–Trinajstić information content (AvgIpc) is 3.18. The Morgan fingerprint density at radius 2 is 1.72 bits per heavy atom. The largest absolute Gasteiger partial charge is 0.383 e. The number of likely N-dealkylation sites (tertiary alicyclic amines) is 1. The van der Waals surface area contributed by atoms with E-state index in [4.69, 9.17) is 9.72 Å². The highest BCUT2D eigenvalue weighted by atomic mass is 16.5. The van der Waals surface area contributed by atoms with Gasteiger partial charge in [-0.2, -0.15) is 0 Å². The first-order chi connectivity index (χ1) is 14.3. The molecule has 3 saturated heterocycles. The number of aromatic nitrogens is 1. The van der Waals surface area contributed by atoms with Crippen molar-refractivity contribution in [3.63, 3.8) is 0 Å². The summed E-state index contributed by atoms with van der Waals surface area (Å²) in [6.07, 6.45) is 14.4. The molecule has 1 aromatic heterocycles. The van der Waals surface area contributed by atoms with E-state index in [-0.39, 0.29) is 0 Å². The highest BCUT2D eigenvalue weighted by Gasteiger charge is 2.39. The third kappa shape index (κ3) is 4.00. The van der Waals surface area contributed by atoms with E-state index in [0.29, 0.717) is 11.5 Å². The molecule has 1 atom stereocenters. The molecular weight excluding hydrogens is 360 g/mol. The lowest BCUT2D eigenvalue weighted by molar-refractivity contribution is 0.0305. The Morgan fingerprint density at radius 3 is 2.34 bits per heavy atom. The molecule has 1 spiro atoms. The Morgan fingerprint density at radius 1 is 0.966 bits per heavy atom. The summed E-state index contributed by atoms with van der Waals surface area (Å²) in [5.41, 5.74) is 1.87. The number of hydrogen-bond acceptors (Lipinski definition) is 5. The van der Waals surface area contributed by atoms with Crippen LogP contribution in [0.15, 0.2) is 18.3 Å². The highest BCUT2D eigenvalue weighted by Crippen LogP contribution is 2.43. The topological polar surface area (TPSA) is 31.8 Å². The van der Waals surface area contributed by atoms with Crippen LogP contribution in [-0.4, -0.2) is 68.4 Å². The van der Waals surface area contributed by atoms with Crippen LogP contribution >= 0.6 is 0 Å². The standard InChI is InChI=1S/C24H38N4O/c1-29-19-22-6-3-13-28(22)21-7-8-23(25-18-21)27-16-11-24(12-17-27)9-14-26(15-10-24)20-4-2-5-20/h7-8,18,20,22H,2-6,9-17,19H2,1H3/t22-/m1/s1. The second kappa shape index (κ2) is 8.43. The molecule has 5 nitrogen and oxygen atoms in total. The third-order valence-corrected chi connectivity index (χ3v) is 8.40. The third-order valence-electron chi connectivity index (χ3n) is 8.40. The van der Waals surface area contributed by atoms with Crippen molar-refractivity contribution in [2.24, 2.45) is 5.41 Å². The van der Waals surface area contributed by atoms with Gasteiger partial charge in [0.2, 0.25) is 0 Å². The van der Waals surface area contributed by atoms with E-state index in [1.807, 2.05) is 0 Å². The van der Waals surface area contributed by atoms with E-state index < -0.39 is 0 Å². The van der Waals surface area contributed by atoms with E-state index in [2.05, 4.69) is 33.0 Å². The lowest BCUT2D eigenvalue weighted by atomic mass is 9.70. The van der Waals surface area contributed by atoms with Crippen molar-refractivity contribution in [1.82, 2.24) is 9.88 Å². The normalized spacial score (nSPS) is 28.1. The molecule has 29 heavy (non-hydrogen) atoms. The smallest absolute Gasteiger partial charge is 0.128 e. The van der Waals surface area contributed by atoms with Crippen LogP contribution in [0.2, 0.25) is 0 Å². The second-order valence-corrected chi connectivity index (χ2v) is 9.93. The Balaban J connectivity index is 1.15. The van der Waals surface area contributed by atoms with Gasteiger partial charge in [0.1, 0.15) is 5.82 Å². The predicted molar refractivity (Wildman–Crippen MR) is 119 cm³/mol. The van der Waals surface area contributed by atoms with Crippen LogP contribution in [0.5, 0.6) is 0 Å². The van der Waals surface area contributed by atoms with Crippen LogP contribution in [0.25, 0.3) is 0 Å². The van der Waals surface area contributed by atoms with E-state index >= 15 is 0 Å². The summed E-state index contributed by atoms with van der Waals surface area (Å²) in [4.78, 5) is 12.6. The number of pyridine rings is 1. The van der Waals surface area contributed by atoms with Gasteiger partial charge in [0.15, 0.2) is 0 Å². The molecule has 0 amide bonds. The monoisotopic (exact) mass is 398 g/mol. The molecule has 0 N–H and O–H groups in total. The summed E-state index contributed by atoms with van der Waals surface area (Å²) in [6.45, 7) is 6.97. The molecule has 5 heteroatoms. The molecule has 160 valence electrons. The van der Waals surface area contributed by atoms with E-state index in [1.165, 1.54) is 89.7 Å². The quantitative estimate of drug-likeness (QED) is 0.750. The molecule has 5 rings (SSSR count). The van der Waals surface area contributed by atoms with Crippen LogP contribution < -0.4 is 9.80 Å². The van der Waals surface area contributed by atoms with E-state index in [1.54, 1.807) is 7.11 Å². The fourth-order valence-electron chi connectivity index (χ4n) is 6.10. The SMILES string of the molecule is COC[C@H]1CCCN1c1ccc(N2CCC3(CC2)CCN(C2CCC2)CC3)nc1. The Hall–Kier alpha value is -1.33. The molecule has 1 saturated carbocycles. The number of piperidine rings is 2. The Bertz CT molecular complexity index is 656. The molecule has 3 aliphatic heterocycles. The first-order valence-corrected chi connectivity index (χ1v) is 12.0.